The molecule has 8 heteroatoms. The van der Waals surface area contributed by atoms with E-state index in [2.05, 4.69) is 0 Å². The van der Waals surface area contributed by atoms with Gasteiger partial charge in [-0.3, -0.25) is 4.79 Å². The lowest BCUT2D eigenvalue weighted by Gasteiger charge is -2.19. The summed E-state index contributed by atoms with van der Waals surface area (Å²) in [6.45, 7) is 0. The number of hydrogen-bond acceptors (Lipinski definition) is 4. The zero-order valence-electron chi connectivity index (χ0n) is 14.6. The molecule has 0 heterocycles. The van der Waals surface area contributed by atoms with Crippen LogP contribution in [0.2, 0.25) is 0 Å². The van der Waals surface area contributed by atoms with Gasteiger partial charge in [0.05, 0.1) is 25.3 Å². The lowest BCUT2D eigenvalue weighted by atomic mass is 9.95. The largest absolute Gasteiger partial charge is 0.507 e. The van der Waals surface area contributed by atoms with Crippen molar-refractivity contribution in [3.05, 3.63) is 41.5 Å². The quantitative estimate of drug-likeness (QED) is 0.891. The molecule has 1 amide bonds. The van der Waals surface area contributed by atoms with Crippen molar-refractivity contribution in [2.75, 3.05) is 28.3 Å². The molecule has 0 aromatic heterocycles. The van der Waals surface area contributed by atoms with Crippen LogP contribution in [0.15, 0.2) is 30.3 Å². The molecule has 0 unspecified atom stereocenters. The number of alkyl halides is 3. The highest BCUT2D eigenvalue weighted by atomic mass is 19.4. The number of phenolic OH excluding ortho intramolecular Hbond substituents is 1. The van der Waals surface area contributed by atoms with Crippen molar-refractivity contribution in [2.45, 2.75) is 6.18 Å². The van der Waals surface area contributed by atoms with Gasteiger partial charge >= 0.3 is 6.18 Å². The molecule has 26 heavy (non-hydrogen) atoms. The molecular formula is C18H18F3NO4. The number of hydrogen-bond donors (Lipinski definition) is 1. The van der Waals surface area contributed by atoms with Gasteiger partial charge in [-0.15, -0.1) is 0 Å². The SMILES string of the molecule is COc1ccc(-c2cc(C(F)(F)F)cc(O)c2C(=O)N(C)C)cc1OC. The number of amides is 1. The first-order valence-corrected chi connectivity index (χ1v) is 7.48. The summed E-state index contributed by atoms with van der Waals surface area (Å²) in [6.07, 6.45) is -4.68. The van der Waals surface area contributed by atoms with Crippen LogP contribution in [0.4, 0.5) is 13.2 Å². The van der Waals surface area contributed by atoms with Crippen molar-refractivity contribution in [1.29, 1.82) is 0 Å². The van der Waals surface area contributed by atoms with E-state index in [1.54, 1.807) is 0 Å². The number of rotatable bonds is 4. The van der Waals surface area contributed by atoms with Crippen molar-refractivity contribution in [1.82, 2.24) is 4.90 Å². The van der Waals surface area contributed by atoms with E-state index in [4.69, 9.17) is 9.47 Å². The average molecular weight is 369 g/mol. The molecule has 2 aromatic rings. The molecule has 2 aromatic carbocycles. The van der Waals surface area contributed by atoms with Gasteiger partial charge < -0.3 is 19.5 Å². The first kappa shape index (κ1) is 19.4. The monoisotopic (exact) mass is 369 g/mol. The van der Waals surface area contributed by atoms with Crippen LogP contribution in [0.5, 0.6) is 17.2 Å². The molecule has 0 saturated heterocycles. The standard InChI is InChI=1S/C18H18F3NO4/c1-22(2)17(24)16-12(8-11(9-13(16)23)18(19,20)21)10-5-6-14(25-3)15(7-10)26-4/h5-9,23H,1-4H3. The molecule has 0 spiro atoms. The summed E-state index contributed by atoms with van der Waals surface area (Å²) in [5.41, 5.74) is -1.07. The molecule has 0 atom stereocenters. The molecule has 0 saturated carbocycles. The highest BCUT2D eigenvalue weighted by molar-refractivity contribution is 6.03. The predicted octanol–water partition coefficient (Wildman–Crippen LogP) is 3.80. The lowest BCUT2D eigenvalue weighted by molar-refractivity contribution is -0.137. The second-order valence-electron chi connectivity index (χ2n) is 5.69. The second kappa shape index (κ2) is 7.15. The average Bonchev–Trinajstić information content (AvgIpc) is 2.58. The van der Waals surface area contributed by atoms with Crippen molar-refractivity contribution in [3.63, 3.8) is 0 Å². The van der Waals surface area contributed by atoms with Crippen LogP contribution in [-0.2, 0) is 6.18 Å². The Balaban J connectivity index is 2.79. The Kier molecular flexibility index (Phi) is 5.34. The zero-order valence-corrected chi connectivity index (χ0v) is 14.6. The minimum absolute atomic E-state index is 0.0584. The van der Waals surface area contributed by atoms with Crippen LogP contribution in [-0.4, -0.2) is 44.2 Å². The molecule has 0 fully saturated rings. The normalized spacial score (nSPS) is 11.2. The zero-order chi connectivity index (χ0) is 19.6. The number of carbonyl (C=O) groups excluding carboxylic acids is 1. The summed E-state index contributed by atoms with van der Waals surface area (Å²) in [6, 6.07) is 5.82. The van der Waals surface area contributed by atoms with E-state index < -0.39 is 23.4 Å². The van der Waals surface area contributed by atoms with Crippen LogP contribution in [0.25, 0.3) is 11.1 Å². The maximum atomic E-state index is 13.2. The number of aromatic hydroxyl groups is 1. The molecule has 0 radical (unpaired) electrons. The number of nitrogens with zero attached hydrogens (tertiary/aromatic N) is 1. The van der Waals surface area contributed by atoms with Crippen molar-refractivity contribution in [3.8, 4) is 28.4 Å². The third kappa shape index (κ3) is 3.68. The Bertz CT molecular complexity index is 832. The molecule has 140 valence electrons. The van der Waals surface area contributed by atoms with Gasteiger partial charge in [0.25, 0.3) is 5.91 Å². The van der Waals surface area contributed by atoms with Crippen LogP contribution >= 0.6 is 0 Å². The summed E-state index contributed by atoms with van der Waals surface area (Å²) in [4.78, 5) is 13.6. The first-order chi connectivity index (χ1) is 12.1. The Morgan fingerprint density at radius 2 is 1.65 bits per heavy atom. The third-order valence-corrected chi connectivity index (χ3v) is 3.76. The Hall–Kier alpha value is -2.90. The van der Waals surface area contributed by atoms with Gasteiger partial charge in [0, 0.05) is 14.1 Å². The van der Waals surface area contributed by atoms with E-state index in [1.165, 1.54) is 51.4 Å². The maximum Gasteiger partial charge on any atom is 0.416 e. The fourth-order valence-electron chi connectivity index (χ4n) is 2.47. The van der Waals surface area contributed by atoms with Crippen molar-refractivity contribution in [2.24, 2.45) is 0 Å². The summed E-state index contributed by atoms with van der Waals surface area (Å²) >= 11 is 0. The molecule has 0 aliphatic heterocycles. The molecule has 0 aliphatic rings. The minimum atomic E-state index is -4.68. The van der Waals surface area contributed by atoms with Gasteiger partial charge in [0.2, 0.25) is 0 Å². The fourth-order valence-corrected chi connectivity index (χ4v) is 2.47. The molecule has 0 aliphatic carbocycles. The predicted molar refractivity (Wildman–Crippen MR) is 89.7 cm³/mol. The smallest absolute Gasteiger partial charge is 0.416 e. The number of halogens is 3. The van der Waals surface area contributed by atoms with Gasteiger partial charge in [-0.1, -0.05) is 6.07 Å². The van der Waals surface area contributed by atoms with E-state index in [0.29, 0.717) is 11.8 Å². The number of methoxy groups -OCH3 is 2. The van der Waals surface area contributed by atoms with Crippen molar-refractivity contribution >= 4 is 5.91 Å². The van der Waals surface area contributed by atoms with Gasteiger partial charge in [0.15, 0.2) is 11.5 Å². The van der Waals surface area contributed by atoms with Gasteiger partial charge in [-0.25, -0.2) is 0 Å². The molecule has 2 rings (SSSR count). The van der Waals surface area contributed by atoms with Crippen molar-refractivity contribution < 1.29 is 32.5 Å². The van der Waals surface area contributed by atoms with Crippen LogP contribution in [0.3, 0.4) is 0 Å². The van der Waals surface area contributed by atoms with E-state index in [9.17, 15) is 23.1 Å². The number of phenols is 1. The Labute approximate surface area is 148 Å². The van der Waals surface area contributed by atoms with Gasteiger partial charge in [0.1, 0.15) is 5.75 Å². The third-order valence-electron chi connectivity index (χ3n) is 3.76. The lowest BCUT2D eigenvalue weighted by Crippen LogP contribution is -2.23. The number of carbonyl (C=O) groups is 1. The van der Waals surface area contributed by atoms with Crippen LogP contribution < -0.4 is 9.47 Å². The summed E-state index contributed by atoms with van der Waals surface area (Å²) in [5.74, 6) is -0.706. The van der Waals surface area contributed by atoms with E-state index in [1.807, 2.05) is 0 Å². The Morgan fingerprint density at radius 3 is 2.15 bits per heavy atom. The molecular weight excluding hydrogens is 351 g/mol. The van der Waals surface area contributed by atoms with Crippen LogP contribution in [0.1, 0.15) is 15.9 Å². The first-order valence-electron chi connectivity index (χ1n) is 7.48. The topological polar surface area (TPSA) is 59.0 Å². The highest BCUT2D eigenvalue weighted by Gasteiger charge is 2.34. The summed E-state index contributed by atoms with van der Waals surface area (Å²) < 4.78 is 49.8. The molecule has 5 nitrogen and oxygen atoms in total. The fraction of sp³-hybridized carbons (Fsp3) is 0.278. The minimum Gasteiger partial charge on any atom is -0.507 e. The summed E-state index contributed by atoms with van der Waals surface area (Å²) in [7, 11) is 5.70. The van der Waals surface area contributed by atoms with E-state index >= 15 is 0 Å². The summed E-state index contributed by atoms with van der Waals surface area (Å²) in [5, 5.41) is 10.1. The van der Waals surface area contributed by atoms with Crippen LogP contribution in [0, 0.1) is 0 Å². The van der Waals surface area contributed by atoms with E-state index in [-0.39, 0.29) is 22.4 Å². The second-order valence-corrected chi connectivity index (χ2v) is 5.69. The molecule has 0 bridgehead atoms. The molecule has 1 N–H and O–H groups in total. The number of benzene rings is 2. The van der Waals surface area contributed by atoms with Gasteiger partial charge in [-0.2, -0.15) is 13.2 Å². The highest BCUT2D eigenvalue weighted by Crippen LogP contribution is 2.41. The maximum absolute atomic E-state index is 13.2. The van der Waals surface area contributed by atoms with Gasteiger partial charge in [-0.05, 0) is 35.4 Å². The Morgan fingerprint density at radius 1 is 1.04 bits per heavy atom. The number of ether oxygens (including phenoxy) is 2. The van der Waals surface area contributed by atoms with E-state index in [0.717, 1.165) is 6.07 Å².